The number of carbonyl (C=O) groups excluding carboxylic acids is 1. The molecule has 21 heavy (non-hydrogen) atoms. The molecule has 0 spiro atoms. The molecule has 0 radical (unpaired) electrons. The average Bonchev–Trinajstić information content (AvgIpc) is 2.35. The normalized spacial score (nSPS) is 12.6. The second-order valence-electron chi connectivity index (χ2n) is 5.75. The van der Waals surface area contributed by atoms with E-state index in [0.29, 0.717) is 11.1 Å². The molecule has 1 amide bonds. The summed E-state index contributed by atoms with van der Waals surface area (Å²) < 4.78 is 5.15. The molecule has 1 rings (SSSR count). The Hall–Kier alpha value is -2.08. The molecule has 0 fully saturated rings. The molecule has 0 saturated heterocycles. The minimum atomic E-state index is -1.10. The number of nitrogens with one attached hydrogen (secondary N) is 1. The Balaban J connectivity index is 2.86. The molecular formula is C15H21NO5. The summed E-state index contributed by atoms with van der Waals surface area (Å²) in [5, 5.41) is 20.9. The zero-order valence-electron chi connectivity index (χ0n) is 12.6. The maximum absolute atomic E-state index is 11.7. The predicted molar refractivity (Wildman–Crippen MR) is 77.1 cm³/mol. The molecule has 0 heterocycles. The summed E-state index contributed by atoms with van der Waals surface area (Å²) in [5.41, 5.74) is 0.450. The second-order valence-corrected chi connectivity index (χ2v) is 5.75. The van der Waals surface area contributed by atoms with E-state index in [-0.39, 0.29) is 18.2 Å². The van der Waals surface area contributed by atoms with Crippen LogP contribution in [0.5, 0.6) is 0 Å². The Kier molecular flexibility index (Phi) is 5.32. The van der Waals surface area contributed by atoms with E-state index in [1.165, 1.54) is 6.07 Å². The molecular weight excluding hydrogens is 274 g/mol. The first-order valence-corrected chi connectivity index (χ1v) is 6.60. The molecule has 1 atom stereocenters. The van der Waals surface area contributed by atoms with Crippen LogP contribution in [0.3, 0.4) is 0 Å². The van der Waals surface area contributed by atoms with E-state index in [4.69, 9.17) is 9.84 Å². The van der Waals surface area contributed by atoms with Gasteiger partial charge in [0.1, 0.15) is 5.60 Å². The molecule has 0 aliphatic heterocycles. The lowest BCUT2D eigenvalue weighted by molar-refractivity contribution is 0.0507. The fraction of sp³-hybridized carbons (Fsp3) is 0.467. The molecule has 0 aromatic heterocycles. The van der Waals surface area contributed by atoms with Crippen molar-refractivity contribution in [3.63, 3.8) is 0 Å². The van der Waals surface area contributed by atoms with Gasteiger partial charge in [0.15, 0.2) is 0 Å². The number of ether oxygens (including phenoxy) is 1. The number of alkyl carbamates (subject to hydrolysis) is 1. The fourth-order valence-electron chi connectivity index (χ4n) is 1.79. The van der Waals surface area contributed by atoms with Gasteiger partial charge in [-0.15, -0.1) is 0 Å². The van der Waals surface area contributed by atoms with Gasteiger partial charge in [-0.05, 0) is 44.9 Å². The number of aliphatic hydroxyl groups is 1. The van der Waals surface area contributed by atoms with Gasteiger partial charge in [-0.1, -0.05) is 12.1 Å². The van der Waals surface area contributed by atoms with E-state index < -0.39 is 17.7 Å². The minimum absolute atomic E-state index is 0.0470. The van der Waals surface area contributed by atoms with Crippen molar-refractivity contribution in [2.75, 3.05) is 0 Å². The van der Waals surface area contributed by atoms with Crippen molar-refractivity contribution in [2.24, 2.45) is 0 Å². The predicted octanol–water partition coefficient (Wildman–Crippen LogP) is 2.46. The third-order valence-electron chi connectivity index (χ3n) is 2.76. The molecule has 1 aromatic rings. The monoisotopic (exact) mass is 295 g/mol. The number of benzene rings is 1. The number of hydrogen-bond donors (Lipinski definition) is 3. The van der Waals surface area contributed by atoms with E-state index in [9.17, 15) is 14.7 Å². The van der Waals surface area contributed by atoms with Crippen molar-refractivity contribution >= 4 is 12.1 Å². The Labute approximate surface area is 123 Å². The quantitative estimate of drug-likeness (QED) is 0.793. The minimum Gasteiger partial charge on any atom is -0.478 e. The summed E-state index contributed by atoms with van der Waals surface area (Å²) in [4.78, 5) is 22.7. The number of hydrogen-bond acceptors (Lipinski definition) is 4. The van der Waals surface area contributed by atoms with Crippen molar-refractivity contribution in [2.45, 2.75) is 45.9 Å². The topological polar surface area (TPSA) is 95.9 Å². The third-order valence-corrected chi connectivity index (χ3v) is 2.76. The highest BCUT2D eigenvalue weighted by atomic mass is 16.6. The van der Waals surface area contributed by atoms with Crippen LogP contribution >= 0.6 is 0 Å². The summed E-state index contributed by atoms with van der Waals surface area (Å²) in [6, 6.07) is 4.21. The lowest BCUT2D eigenvalue weighted by Crippen LogP contribution is -2.34. The first-order valence-electron chi connectivity index (χ1n) is 6.60. The van der Waals surface area contributed by atoms with Gasteiger partial charge in [-0.25, -0.2) is 9.59 Å². The number of carboxylic acids is 1. The highest BCUT2D eigenvalue weighted by Crippen LogP contribution is 2.19. The maximum Gasteiger partial charge on any atom is 0.408 e. The summed E-state index contributed by atoms with van der Waals surface area (Å²) in [6.45, 7) is 6.67. The molecule has 0 aliphatic carbocycles. The highest BCUT2D eigenvalue weighted by molar-refractivity contribution is 5.89. The average molecular weight is 295 g/mol. The van der Waals surface area contributed by atoms with Gasteiger partial charge in [0.05, 0.1) is 18.2 Å². The van der Waals surface area contributed by atoms with E-state index in [2.05, 4.69) is 5.32 Å². The second kappa shape index (κ2) is 6.58. The van der Waals surface area contributed by atoms with Crippen LogP contribution in [0.25, 0.3) is 0 Å². The molecule has 0 aliphatic rings. The number of carboxylic acid groups (broad SMARTS) is 1. The number of aliphatic hydroxyl groups excluding tert-OH is 1. The van der Waals surface area contributed by atoms with Gasteiger partial charge in [0.25, 0.3) is 0 Å². The van der Waals surface area contributed by atoms with Crippen LogP contribution in [-0.4, -0.2) is 27.9 Å². The van der Waals surface area contributed by atoms with E-state index in [0.717, 1.165) is 0 Å². The highest BCUT2D eigenvalue weighted by Gasteiger charge is 2.19. The standard InChI is InChI=1S/C15H21NO5/c1-9(16-14(20)21-15(2,3)4)10-5-6-12(13(18)19)11(7-10)8-17/h5-7,9,17H,8H2,1-4H3,(H,16,20)(H,18,19)/t9-/m0/s1. The molecule has 1 aromatic carbocycles. The Bertz CT molecular complexity index is 533. The molecule has 0 saturated carbocycles. The van der Waals surface area contributed by atoms with Gasteiger partial charge in [0, 0.05) is 0 Å². The van der Waals surface area contributed by atoms with Crippen LogP contribution in [-0.2, 0) is 11.3 Å². The molecule has 0 bridgehead atoms. The molecule has 3 N–H and O–H groups in total. The van der Waals surface area contributed by atoms with Gasteiger partial charge < -0.3 is 20.3 Å². The van der Waals surface area contributed by atoms with Crippen molar-refractivity contribution < 1.29 is 24.5 Å². The zero-order valence-corrected chi connectivity index (χ0v) is 12.6. The van der Waals surface area contributed by atoms with Crippen LogP contribution in [0.1, 0.15) is 55.2 Å². The molecule has 6 nitrogen and oxygen atoms in total. The molecule has 0 unspecified atom stereocenters. The zero-order chi connectivity index (χ0) is 16.2. The number of aromatic carboxylic acids is 1. The lowest BCUT2D eigenvalue weighted by Gasteiger charge is -2.22. The largest absolute Gasteiger partial charge is 0.478 e. The smallest absolute Gasteiger partial charge is 0.408 e. The molecule has 6 heteroatoms. The Morgan fingerprint density at radius 2 is 1.95 bits per heavy atom. The van der Waals surface area contributed by atoms with Gasteiger partial charge in [-0.3, -0.25) is 0 Å². The van der Waals surface area contributed by atoms with Crippen LogP contribution in [0.4, 0.5) is 4.79 Å². The Morgan fingerprint density at radius 1 is 1.33 bits per heavy atom. The SMILES string of the molecule is C[C@H](NC(=O)OC(C)(C)C)c1ccc(C(=O)O)c(CO)c1. The Morgan fingerprint density at radius 3 is 2.43 bits per heavy atom. The van der Waals surface area contributed by atoms with Gasteiger partial charge >= 0.3 is 12.1 Å². The van der Waals surface area contributed by atoms with E-state index in [1.807, 2.05) is 0 Å². The van der Waals surface area contributed by atoms with Crippen molar-refractivity contribution in [3.05, 3.63) is 34.9 Å². The van der Waals surface area contributed by atoms with E-state index >= 15 is 0 Å². The van der Waals surface area contributed by atoms with Crippen LogP contribution < -0.4 is 5.32 Å². The lowest BCUT2D eigenvalue weighted by atomic mass is 10.0. The first-order chi connectivity index (χ1) is 9.64. The fourth-order valence-corrected chi connectivity index (χ4v) is 1.79. The van der Waals surface area contributed by atoms with Crippen LogP contribution in [0.2, 0.25) is 0 Å². The summed E-state index contributed by atoms with van der Waals surface area (Å²) in [5.74, 6) is -1.10. The van der Waals surface area contributed by atoms with Crippen molar-refractivity contribution in [1.29, 1.82) is 0 Å². The van der Waals surface area contributed by atoms with Gasteiger partial charge in [0.2, 0.25) is 0 Å². The van der Waals surface area contributed by atoms with Gasteiger partial charge in [-0.2, -0.15) is 0 Å². The first kappa shape index (κ1) is 17.0. The summed E-state index contributed by atoms with van der Waals surface area (Å²) >= 11 is 0. The van der Waals surface area contributed by atoms with Crippen molar-refractivity contribution in [3.8, 4) is 0 Å². The van der Waals surface area contributed by atoms with Crippen LogP contribution in [0.15, 0.2) is 18.2 Å². The van der Waals surface area contributed by atoms with Crippen LogP contribution in [0, 0.1) is 0 Å². The number of amides is 1. The van der Waals surface area contributed by atoms with Crippen molar-refractivity contribution in [1.82, 2.24) is 5.32 Å². The summed E-state index contributed by atoms with van der Waals surface area (Å²) in [7, 11) is 0. The number of rotatable bonds is 4. The maximum atomic E-state index is 11.7. The summed E-state index contributed by atoms with van der Waals surface area (Å²) in [6.07, 6.45) is -0.553. The van der Waals surface area contributed by atoms with E-state index in [1.54, 1.807) is 39.8 Å². The number of carbonyl (C=O) groups is 2. The third kappa shape index (κ3) is 5.07. The molecule has 116 valence electrons.